The Balaban J connectivity index is 1.95. The molecule has 0 aliphatic rings. The molecule has 0 bridgehead atoms. The highest BCUT2D eigenvalue weighted by Gasteiger charge is 2.04. The molecule has 0 aromatic heterocycles. The summed E-state index contributed by atoms with van der Waals surface area (Å²) >= 11 is 1.28. The van der Waals surface area contributed by atoms with Crippen molar-refractivity contribution in [1.82, 2.24) is 0 Å². The lowest BCUT2D eigenvalue weighted by Gasteiger charge is -2.05. The fourth-order valence-corrected chi connectivity index (χ4v) is 2.00. The van der Waals surface area contributed by atoms with Crippen LogP contribution >= 0.6 is 11.8 Å². The number of rotatable bonds is 10. The van der Waals surface area contributed by atoms with Crippen LogP contribution in [0.2, 0.25) is 0 Å². The number of carbonyl (C=O) groups is 1. The average Bonchev–Trinajstić information content (AvgIpc) is 2.46. The average molecular weight is 284 g/mol. The topological polar surface area (TPSA) is 44.8 Å². The van der Waals surface area contributed by atoms with E-state index >= 15 is 0 Å². The fraction of sp³-hybridized carbons (Fsp3) is 0.500. The molecule has 0 aliphatic carbocycles. The zero-order valence-electron chi connectivity index (χ0n) is 11.2. The molecule has 0 fully saturated rings. The van der Waals surface area contributed by atoms with Crippen molar-refractivity contribution in [1.29, 1.82) is 0 Å². The van der Waals surface area contributed by atoms with Crippen LogP contribution in [0.25, 0.3) is 0 Å². The molecule has 1 aromatic carbocycles. The van der Waals surface area contributed by atoms with Crippen molar-refractivity contribution in [2.24, 2.45) is 0 Å². The second-order valence-electron chi connectivity index (χ2n) is 3.72. The zero-order chi connectivity index (χ0) is 13.8. The van der Waals surface area contributed by atoms with Crippen molar-refractivity contribution in [3.8, 4) is 0 Å². The molecular weight excluding hydrogens is 264 g/mol. The van der Waals surface area contributed by atoms with E-state index in [9.17, 15) is 4.79 Å². The largest absolute Gasteiger partial charge is 0.382 e. The maximum atomic E-state index is 11.7. The summed E-state index contributed by atoms with van der Waals surface area (Å²) in [6, 6.07) is 9.26. The minimum Gasteiger partial charge on any atom is -0.382 e. The van der Waals surface area contributed by atoms with Crippen LogP contribution in [0.1, 0.15) is 10.4 Å². The van der Waals surface area contributed by atoms with Gasteiger partial charge in [0, 0.05) is 18.4 Å². The molecule has 0 saturated heterocycles. The first-order valence-electron chi connectivity index (χ1n) is 6.21. The van der Waals surface area contributed by atoms with Crippen molar-refractivity contribution in [2.75, 3.05) is 45.9 Å². The van der Waals surface area contributed by atoms with Gasteiger partial charge in [-0.3, -0.25) is 4.79 Å². The Kier molecular flexibility index (Phi) is 9.36. The quantitative estimate of drug-likeness (QED) is 0.617. The van der Waals surface area contributed by atoms with Gasteiger partial charge >= 0.3 is 0 Å². The number of ether oxygens (including phenoxy) is 3. The molecule has 0 unspecified atom stereocenters. The maximum absolute atomic E-state index is 11.7. The molecular formula is C14H20O4S. The zero-order valence-corrected chi connectivity index (χ0v) is 12.0. The molecule has 19 heavy (non-hydrogen) atoms. The van der Waals surface area contributed by atoms with Crippen LogP contribution in [0.5, 0.6) is 0 Å². The SMILES string of the molecule is COCCOCCOCCSC(=O)c1ccccc1. The number of hydrogen-bond donors (Lipinski definition) is 0. The number of methoxy groups -OCH3 is 1. The van der Waals surface area contributed by atoms with Gasteiger partial charge in [0.25, 0.3) is 0 Å². The summed E-state index contributed by atoms with van der Waals surface area (Å²) in [6.45, 7) is 2.84. The van der Waals surface area contributed by atoms with Crippen LogP contribution in [0, 0.1) is 0 Å². The highest BCUT2D eigenvalue weighted by molar-refractivity contribution is 8.14. The molecule has 1 aromatic rings. The minimum atomic E-state index is 0.0838. The smallest absolute Gasteiger partial charge is 0.219 e. The molecule has 4 nitrogen and oxygen atoms in total. The van der Waals surface area contributed by atoms with Gasteiger partial charge in [-0.25, -0.2) is 0 Å². The Bertz CT molecular complexity index is 343. The Hall–Kier alpha value is -0.880. The third-order valence-corrected chi connectivity index (χ3v) is 3.14. The Morgan fingerprint density at radius 3 is 2.32 bits per heavy atom. The molecule has 0 saturated carbocycles. The predicted octanol–water partition coefficient (Wildman–Crippen LogP) is 2.24. The van der Waals surface area contributed by atoms with Crippen LogP contribution in [-0.2, 0) is 14.2 Å². The van der Waals surface area contributed by atoms with Crippen molar-refractivity contribution in [3.63, 3.8) is 0 Å². The lowest BCUT2D eigenvalue weighted by atomic mass is 10.2. The molecule has 0 amide bonds. The van der Waals surface area contributed by atoms with Crippen molar-refractivity contribution in [2.45, 2.75) is 0 Å². The summed E-state index contributed by atoms with van der Waals surface area (Å²) in [5.74, 6) is 0.659. The van der Waals surface area contributed by atoms with E-state index in [0.29, 0.717) is 38.8 Å². The van der Waals surface area contributed by atoms with Gasteiger partial charge in [0.15, 0.2) is 0 Å². The second-order valence-corrected chi connectivity index (χ2v) is 4.79. The highest BCUT2D eigenvalue weighted by Crippen LogP contribution is 2.11. The predicted molar refractivity (Wildman–Crippen MR) is 76.7 cm³/mol. The summed E-state index contributed by atoms with van der Waals surface area (Å²) in [6.07, 6.45) is 0. The van der Waals surface area contributed by atoms with Gasteiger partial charge in [0.05, 0.1) is 33.0 Å². The van der Waals surface area contributed by atoms with Crippen LogP contribution in [0.4, 0.5) is 0 Å². The Morgan fingerprint density at radius 2 is 1.63 bits per heavy atom. The number of hydrogen-bond acceptors (Lipinski definition) is 5. The normalized spacial score (nSPS) is 10.6. The third kappa shape index (κ3) is 8.00. The summed E-state index contributed by atoms with van der Waals surface area (Å²) in [4.78, 5) is 11.7. The first kappa shape index (κ1) is 16.2. The maximum Gasteiger partial charge on any atom is 0.219 e. The van der Waals surface area contributed by atoms with Crippen LogP contribution in [-0.4, -0.2) is 51.0 Å². The number of benzene rings is 1. The van der Waals surface area contributed by atoms with E-state index in [4.69, 9.17) is 14.2 Å². The van der Waals surface area contributed by atoms with Crippen molar-refractivity contribution >= 4 is 16.9 Å². The van der Waals surface area contributed by atoms with Crippen molar-refractivity contribution < 1.29 is 19.0 Å². The summed E-state index contributed by atoms with van der Waals surface area (Å²) in [7, 11) is 1.64. The van der Waals surface area contributed by atoms with Crippen molar-refractivity contribution in [3.05, 3.63) is 35.9 Å². The third-order valence-electron chi connectivity index (χ3n) is 2.27. The Labute approximate surface area is 118 Å². The summed E-state index contributed by atoms with van der Waals surface area (Å²) in [5.41, 5.74) is 0.732. The van der Waals surface area contributed by atoms with E-state index in [1.807, 2.05) is 30.3 Å². The van der Waals surface area contributed by atoms with Gasteiger partial charge in [-0.2, -0.15) is 0 Å². The summed E-state index contributed by atoms with van der Waals surface area (Å²) in [5, 5.41) is 0.0838. The second kappa shape index (κ2) is 11.0. The van der Waals surface area contributed by atoms with Gasteiger partial charge in [0.1, 0.15) is 0 Å². The van der Waals surface area contributed by atoms with Crippen LogP contribution < -0.4 is 0 Å². The van der Waals surface area contributed by atoms with Gasteiger partial charge in [-0.05, 0) is 0 Å². The van der Waals surface area contributed by atoms with E-state index in [1.54, 1.807) is 7.11 Å². The molecule has 5 heteroatoms. The summed E-state index contributed by atoms with van der Waals surface area (Å²) < 4.78 is 15.5. The molecule has 0 atom stereocenters. The molecule has 0 radical (unpaired) electrons. The number of thioether (sulfide) groups is 1. The molecule has 0 aliphatic heterocycles. The van der Waals surface area contributed by atoms with Crippen LogP contribution in [0.15, 0.2) is 30.3 Å². The molecule has 0 heterocycles. The van der Waals surface area contributed by atoms with Gasteiger partial charge in [-0.1, -0.05) is 42.1 Å². The van der Waals surface area contributed by atoms with E-state index in [1.165, 1.54) is 11.8 Å². The van der Waals surface area contributed by atoms with Gasteiger partial charge in [0.2, 0.25) is 5.12 Å². The monoisotopic (exact) mass is 284 g/mol. The lowest BCUT2D eigenvalue weighted by molar-refractivity contribution is 0.0286. The molecule has 0 N–H and O–H groups in total. The highest BCUT2D eigenvalue weighted by atomic mass is 32.2. The number of carbonyl (C=O) groups excluding carboxylic acids is 1. The van der Waals surface area contributed by atoms with E-state index in [2.05, 4.69) is 0 Å². The van der Waals surface area contributed by atoms with Crippen LogP contribution in [0.3, 0.4) is 0 Å². The first-order chi connectivity index (χ1) is 9.34. The first-order valence-corrected chi connectivity index (χ1v) is 7.19. The molecule has 0 spiro atoms. The molecule has 1 rings (SSSR count). The lowest BCUT2D eigenvalue weighted by Crippen LogP contribution is -2.10. The molecule has 106 valence electrons. The van der Waals surface area contributed by atoms with E-state index in [-0.39, 0.29) is 5.12 Å². The van der Waals surface area contributed by atoms with Gasteiger partial charge < -0.3 is 14.2 Å². The standard InChI is InChI=1S/C14H20O4S/c1-16-7-8-17-9-10-18-11-12-19-14(15)13-5-3-2-4-6-13/h2-6H,7-12H2,1H3. The van der Waals surface area contributed by atoms with E-state index in [0.717, 1.165) is 5.56 Å². The minimum absolute atomic E-state index is 0.0838. The van der Waals surface area contributed by atoms with E-state index < -0.39 is 0 Å². The fourth-order valence-electron chi connectivity index (χ4n) is 1.32. The Morgan fingerprint density at radius 1 is 1.00 bits per heavy atom. The van der Waals surface area contributed by atoms with Gasteiger partial charge in [-0.15, -0.1) is 0 Å².